The summed E-state index contributed by atoms with van der Waals surface area (Å²) < 4.78 is 10.5. The van der Waals surface area contributed by atoms with E-state index in [-0.39, 0.29) is 18.1 Å². The number of hydrogen-bond acceptors (Lipinski definition) is 7. The molecular weight excluding hydrogens is 352 g/mol. The van der Waals surface area contributed by atoms with Crippen molar-refractivity contribution in [3.63, 3.8) is 0 Å². The Morgan fingerprint density at radius 1 is 1.33 bits per heavy atom. The Bertz CT molecular complexity index is 765. The van der Waals surface area contributed by atoms with Crippen molar-refractivity contribution in [2.75, 3.05) is 19.8 Å². The molecule has 8 heteroatoms. The molecule has 1 fully saturated rings. The molecule has 2 aliphatic rings. The predicted octanol–water partition coefficient (Wildman–Crippen LogP) is 1.92. The van der Waals surface area contributed by atoms with Crippen molar-refractivity contribution in [3.8, 4) is 0 Å². The molecule has 1 N–H and O–H groups in total. The zero-order chi connectivity index (χ0) is 19.4. The van der Waals surface area contributed by atoms with E-state index in [4.69, 9.17) is 9.47 Å². The molecule has 0 aromatic heterocycles. The van der Waals surface area contributed by atoms with Crippen molar-refractivity contribution < 1.29 is 24.0 Å². The van der Waals surface area contributed by atoms with Crippen LogP contribution in [0.2, 0.25) is 0 Å². The van der Waals surface area contributed by atoms with Crippen molar-refractivity contribution in [3.05, 3.63) is 51.7 Å². The van der Waals surface area contributed by atoms with E-state index in [1.807, 2.05) is 0 Å². The van der Waals surface area contributed by atoms with Crippen molar-refractivity contribution in [1.29, 1.82) is 0 Å². The smallest absolute Gasteiger partial charge is 0.328 e. The van der Waals surface area contributed by atoms with Gasteiger partial charge < -0.3 is 14.8 Å². The molecule has 0 unspecified atom stereocenters. The van der Waals surface area contributed by atoms with Crippen LogP contribution in [0.3, 0.4) is 0 Å². The van der Waals surface area contributed by atoms with Crippen LogP contribution in [0.5, 0.6) is 0 Å². The lowest BCUT2D eigenvalue weighted by atomic mass is 9.66. The number of carbonyl (C=O) groups excluding carboxylic acids is 2. The summed E-state index contributed by atoms with van der Waals surface area (Å²) in [6.45, 7) is 3.00. The number of benzene rings is 1. The Kier molecular flexibility index (Phi) is 5.55. The van der Waals surface area contributed by atoms with E-state index in [9.17, 15) is 19.7 Å². The predicted molar refractivity (Wildman–Crippen MR) is 95.9 cm³/mol. The van der Waals surface area contributed by atoms with Gasteiger partial charge in [-0.2, -0.15) is 0 Å². The number of nitro groups is 1. The molecule has 0 saturated carbocycles. The topological polar surface area (TPSA) is 108 Å². The van der Waals surface area contributed by atoms with E-state index in [2.05, 4.69) is 5.32 Å². The van der Waals surface area contributed by atoms with Gasteiger partial charge in [-0.05, 0) is 25.3 Å². The van der Waals surface area contributed by atoms with Gasteiger partial charge >= 0.3 is 5.97 Å². The van der Waals surface area contributed by atoms with Crippen LogP contribution in [0.4, 0.5) is 5.69 Å². The fourth-order valence-electron chi connectivity index (χ4n) is 3.49. The van der Waals surface area contributed by atoms with Gasteiger partial charge in [0.1, 0.15) is 6.04 Å². The first-order valence-electron chi connectivity index (χ1n) is 8.97. The number of hydrogen-bond donors (Lipinski definition) is 1. The lowest BCUT2D eigenvalue weighted by Gasteiger charge is -2.44. The second-order valence-electron chi connectivity index (χ2n) is 6.69. The van der Waals surface area contributed by atoms with Crippen molar-refractivity contribution in [2.45, 2.75) is 32.2 Å². The number of nitrogens with zero attached hydrogens (tertiary/aromatic N) is 1. The summed E-state index contributed by atoms with van der Waals surface area (Å²) in [5, 5.41) is 14.0. The Morgan fingerprint density at radius 3 is 2.56 bits per heavy atom. The standard InChI is InChI=1S/C19H22N2O6/c1-2-27-18(23)15(11-13-3-5-14(6-4-13)21(24)25)20-16-12-17(22)19(16)7-9-26-10-8-19/h3-6,12,15,20H,2,7-11H2,1H3/t15-/m0/s1. The van der Waals surface area contributed by atoms with Gasteiger partial charge in [-0.15, -0.1) is 0 Å². The molecule has 1 saturated heterocycles. The molecule has 1 aliphatic heterocycles. The number of ether oxygens (including phenoxy) is 2. The van der Waals surface area contributed by atoms with Crippen LogP contribution >= 0.6 is 0 Å². The fraction of sp³-hybridized carbons (Fsp3) is 0.474. The van der Waals surface area contributed by atoms with Gasteiger partial charge in [-0.1, -0.05) is 12.1 Å². The van der Waals surface area contributed by atoms with Crippen molar-refractivity contribution >= 4 is 17.4 Å². The highest BCUT2D eigenvalue weighted by atomic mass is 16.6. The quantitative estimate of drug-likeness (QED) is 0.441. The number of non-ortho nitro benzene ring substituents is 1. The first kappa shape index (κ1) is 19.0. The number of nitrogens with one attached hydrogen (secondary N) is 1. The summed E-state index contributed by atoms with van der Waals surface area (Å²) in [6, 6.07) is 5.38. The lowest BCUT2D eigenvalue weighted by molar-refractivity contribution is -0.384. The van der Waals surface area contributed by atoms with Crippen LogP contribution in [-0.4, -0.2) is 42.5 Å². The van der Waals surface area contributed by atoms with E-state index in [0.717, 1.165) is 11.3 Å². The van der Waals surface area contributed by atoms with Crippen LogP contribution in [0.25, 0.3) is 0 Å². The zero-order valence-electron chi connectivity index (χ0n) is 15.1. The monoisotopic (exact) mass is 374 g/mol. The second-order valence-corrected chi connectivity index (χ2v) is 6.69. The minimum absolute atomic E-state index is 0.00662. The largest absolute Gasteiger partial charge is 0.464 e. The summed E-state index contributed by atoms with van der Waals surface area (Å²) in [7, 11) is 0. The number of allylic oxidation sites excluding steroid dienone is 2. The van der Waals surface area contributed by atoms with Crippen LogP contribution in [0, 0.1) is 15.5 Å². The number of carbonyl (C=O) groups is 2. The maximum atomic E-state index is 12.4. The van der Waals surface area contributed by atoms with Crippen LogP contribution in [-0.2, 0) is 25.5 Å². The minimum Gasteiger partial charge on any atom is -0.464 e. The van der Waals surface area contributed by atoms with Crippen LogP contribution in [0.15, 0.2) is 36.0 Å². The summed E-state index contributed by atoms with van der Waals surface area (Å²) in [6.07, 6.45) is 3.03. The highest BCUT2D eigenvalue weighted by Crippen LogP contribution is 2.44. The first-order valence-corrected chi connectivity index (χ1v) is 8.97. The minimum atomic E-state index is -0.675. The van der Waals surface area contributed by atoms with Gasteiger partial charge in [0.05, 0.1) is 16.9 Å². The molecule has 0 radical (unpaired) electrons. The fourth-order valence-corrected chi connectivity index (χ4v) is 3.49. The molecule has 1 atom stereocenters. The molecule has 0 bridgehead atoms. The average molecular weight is 374 g/mol. The van der Waals surface area contributed by atoms with Gasteiger partial charge in [0.15, 0.2) is 5.78 Å². The third kappa shape index (κ3) is 3.85. The normalized spacial score (nSPS) is 19.0. The third-order valence-corrected chi connectivity index (χ3v) is 5.10. The van der Waals surface area contributed by atoms with Gasteiger partial charge in [0.2, 0.25) is 0 Å². The Labute approximate surface area is 156 Å². The first-order chi connectivity index (χ1) is 13.0. The Hall–Kier alpha value is -2.74. The van der Waals surface area contributed by atoms with Crippen LogP contribution < -0.4 is 5.32 Å². The van der Waals surface area contributed by atoms with E-state index in [0.29, 0.717) is 32.5 Å². The molecule has 27 heavy (non-hydrogen) atoms. The molecule has 0 amide bonds. The van der Waals surface area contributed by atoms with Gasteiger partial charge in [-0.25, -0.2) is 4.79 Å². The molecule has 3 rings (SSSR count). The van der Waals surface area contributed by atoms with Gasteiger partial charge in [-0.3, -0.25) is 14.9 Å². The number of ketones is 1. The summed E-state index contributed by atoms with van der Waals surface area (Å²) in [5.41, 5.74) is 0.917. The summed E-state index contributed by atoms with van der Waals surface area (Å²) >= 11 is 0. The molecular formula is C19H22N2O6. The van der Waals surface area contributed by atoms with Gasteiger partial charge in [0, 0.05) is 43.5 Å². The number of rotatable bonds is 7. The molecule has 1 aromatic rings. The van der Waals surface area contributed by atoms with E-state index in [1.165, 1.54) is 18.2 Å². The summed E-state index contributed by atoms with van der Waals surface area (Å²) in [4.78, 5) is 34.9. The van der Waals surface area contributed by atoms with Crippen LogP contribution in [0.1, 0.15) is 25.3 Å². The van der Waals surface area contributed by atoms with E-state index >= 15 is 0 Å². The van der Waals surface area contributed by atoms with E-state index in [1.54, 1.807) is 19.1 Å². The third-order valence-electron chi connectivity index (χ3n) is 5.10. The van der Waals surface area contributed by atoms with Crippen molar-refractivity contribution in [1.82, 2.24) is 5.32 Å². The zero-order valence-corrected chi connectivity index (χ0v) is 15.1. The Balaban J connectivity index is 1.76. The molecule has 144 valence electrons. The number of esters is 1. The molecule has 1 heterocycles. The van der Waals surface area contributed by atoms with E-state index < -0.39 is 22.3 Å². The highest BCUT2D eigenvalue weighted by molar-refractivity contribution is 6.05. The Morgan fingerprint density at radius 2 is 2.00 bits per heavy atom. The molecule has 1 aromatic carbocycles. The molecule has 8 nitrogen and oxygen atoms in total. The molecule has 1 spiro atoms. The number of nitro benzene ring substituents is 1. The lowest BCUT2D eigenvalue weighted by Crippen LogP contribution is -2.53. The van der Waals surface area contributed by atoms with Gasteiger partial charge in [0.25, 0.3) is 5.69 Å². The highest BCUT2D eigenvalue weighted by Gasteiger charge is 2.49. The maximum absolute atomic E-state index is 12.4. The SMILES string of the molecule is CCOC(=O)[C@H](Cc1ccc([N+](=O)[O-])cc1)NC1=CC(=O)C12CCOCC2. The van der Waals surface area contributed by atoms with Crippen molar-refractivity contribution in [2.24, 2.45) is 5.41 Å². The average Bonchev–Trinajstić information content (AvgIpc) is 2.68. The molecule has 1 aliphatic carbocycles. The summed E-state index contributed by atoms with van der Waals surface area (Å²) in [5.74, 6) is -0.357. The second kappa shape index (κ2) is 7.87. The maximum Gasteiger partial charge on any atom is 0.328 e.